The van der Waals surface area contributed by atoms with Gasteiger partial charge in [0.1, 0.15) is 5.60 Å². The van der Waals surface area contributed by atoms with Crippen molar-refractivity contribution in [2.75, 3.05) is 13.1 Å². The number of hydrogen-bond acceptors (Lipinski definition) is 3. The zero-order valence-electron chi connectivity index (χ0n) is 14.4. The average Bonchev–Trinajstić information content (AvgIpc) is 2.88. The van der Waals surface area contributed by atoms with Crippen LogP contribution in [0.3, 0.4) is 0 Å². The summed E-state index contributed by atoms with van der Waals surface area (Å²) >= 11 is 1.90. The Kier molecular flexibility index (Phi) is 4.37. The van der Waals surface area contributed by atoms with Crippen molar-refractivity contribution in [1.29, 1.82) is 0 Å². The third-order valence-electron chi connectivity index (χ3n) is 4.24. The SMILES string of the molecule is Cc1ccc2cc(C3CCN(C(=O)OC(C)(C)C)CC3)sc2c1. The van der Waals surface area contributed by atoms with E-state index in [9.17, 15) is 4.79 Å². The maximum atomic E-state index is 12.1. The van der Waals surface area contributed by atoms with E-state index in [-0.39, 0.29) is 6.09 Å². The molecule has 1 aromatic carbocycles. The van der Waals surface area contributed by atoms with Gasteiger partial charge in [0.05, 0.1) is 0 Å². The van der Waals surface area contributed by atoms with Gasteiger partial charge < -0.3 is 9.64 Å². The summed E-state index contributed by atoms with van der Waals surface area (Å²) in [5, 5.41) is 1.34. The molecule has 1 aliphatic rings. The second kappa shape index (κ2) is 6.16. The van der Waals surface area contributed by atoms with Gasteiger partial charge >= 0.3 is 6.09 Å². The normalized spacial score (nSPS) is 16.8. The topological polar surface area (TPSA) is 29.5 Å². The number of thiophene rings is 1. The lowest BCUT2D eigenvalue weighted by atomic mass is 9.95. The highest BCUT2D eigenvalue weighted by atomic mass is 32.1. The van der Waals surface area contributed by atoms with Crippen LogP contribution in [0.1, 0.15) is 50.0 Å². The lowest BCUT2D eigenvalue weighted by Crippen LogP contribution is -2.41. The van der Waals surface area contributed by atoms with E-state index >= 15 is 0 Å². The summed E-state index contributed by atoms with van der Waals surface area (Å²) < 4.78 is 6.84. The van der Waals surface area contributed by atoms with Gasteiger partial charge in [-0.2, -0.15) is 0 Å². The van der Waals surface area contributed by atoms with Gasteiger partial charge in [-0.3, -0.25) is 0 Å². The molecule has 4 heteroatoms. The van der Waals surface area contributed by atoms with Gasteiger partial charge in [-0.15, -0.1) is 11.3 Å². The van der Waals surface area contributed by atoms with Crippen molar-refractivity contribution in [3.8, 4) is 0 Å². The Morgan fingerprint density at radius 1 is 1.22 bits per heavy atom. The smallest absolute Gasteiger partial charge is 0.410 e. The number of carbonyl (C=O) groups is 1. The number of hydrogen-bond donors (Lipinski definition) is 0. The molecule has 1 fully saturated rings. The summed E-state index contributed by atoms with van der Waals surface area (Å²) in [6, 6.07) is 8.97. The van der Waals surface area contributed by atoms with Crippen molar-refractivity contribution >= 4 is 27.5 Å². The molecule has 3 nitrogen and oxygen atoms in total. The Morgan fingerprint density at radius 3 is 2.57 bits per heavy atom. The van der Waals surface area contributed by atoms with Gasteiger partial charge in [-0.25, -0.2) is 4.79 Å². The minimum atomic E-state index is -0.419. The van der Waals surface area contributed by atoms with E-state index in [1.807, 2.05) is 37.0 Å². The number of rotatable bonds is 1. The van der Waals surface area contributed by atoms with Crippen molar-refractivity contribution in [3.63, 3.8) is 0 Å². The van der Waals surface area contributed by atoms with Crippen LogP contribution in [-0.2, 0) is 4.74 Å². The molecule has 1 aliphatic heterocycles. The highest BCUT2D eigenvalue weighted by molar-refractivity contribution is 7.19. The molecule has 0 N–H and O–H groups in total. The molecule has 2 aromatic rings. The molecule has 0 atom stereocenters. The number of fused-ring (bicyclic) bond motifs is 1. The van der Waals surface area contributed by atoms with Crippen LogP contribution in [0.2, 0.25) is 0 Å². The van der Waals surface area contributed by atoms with Gasteiger partial charge in [-0.05, 0) is 69.5 Å². The van der Waals surface area contributed by atoms with Crippen LogP contribution >= 0.6 is 11.3 Å². The first-order valence-corrected chi connectivity index (χ1v) is 9.11. The minimum Gasteiger partial charge on any atom is -0.444 e. The molecule has 0 saturated carbocycles. The maximum Gasteiger partial charge on any atom is 0.410 e. The quantitative estimate of drug-likeness (QED) is 0.707. The standard InChI is InChI=1S/C19H25NO2S/c1-13-5-6-15-12-17(23-16(15)11-13)14-7-9-20(10-8-14)18(21)22-19(2,3)4/h5-6,11-12,14H,7-10H2,1-4H3. The first-order chi connectivity index (χ1) is 10.8. The van der Waals surface area contributed by atoms with E-state index in [1.165, 1.54) is 20.5 Å². The van der Waals surface area contributed by atoms with Crippen molar-refractivity contribution in [2.45, 2.75) is 52.1 Å². The number of nitrogens with zero attached hydrogens (tertiary/aromatic N) is 1. The Balaban J connectivity index is 1.65. The molecule has 2 heterocycles. The summed E-state index contributed by atoms with van der Waals surface area (Å²) in [5.41, 5.74) is 0.891. The van der Waals surface area contributed by atoms with Crippen LogP contribution < -0.4 is 0 Å². The summed E-state index contributed by atoms with van der Waals surface area (Å²) in [4.78, 5) is 15.4. The Bertz CT molecular complexity index is 706. The summed E-state index contributed by atoms with van der Waals surface area (Å²) in [6.45, 7) is 9.45. The molecular weight excluding hydrogens is 306 g/mol. The fourth-order valence-electron chi connectivity index (χ4n) is 3.03. The molecule has 23 heavy (non-hydrogen) atoms. The van der Waals surface area contributed by atoms with Gasteiger partial charge in [0.2, 0.25) is 0 Å². The Labute approximate surface area is 142 Å². The average molecular weight is 331 g/mol. The summed E-state index contributed by atoms with van der Waals surface area (Å²) in [7, 11) is 0. The fraction of sp³-hybridized carbons (Fsp3) is 0.526. The predicted molar refractivity (Wildman–Crippen MR) is 96.3 cm³/mol. The molecule has 1 amide bonds. The van der Waals surface area contributed by atoms with E-state index in [2.05, 4.69) is 31.2 Å². The highest BCUT2D eigenvalue weighted by Gasteiger charge is 2.28. The lowest BCUT2D eigenvalue weighted by molar-refractivity contribution is 0.0205. The number of piperidine rings is 1. The van der Waals surface area contributed by atoms with E-state index in [1.54, 1.807) is 0 Å². The molecule has 1 aromatic heterocycles. The first kappa shape index (κ1) is 16.3. The Morgan fingerprint density at radius 2 is 1.91 bits per heavy atom. The minimum absolute atomic E-state index is 0.178. The van der Waals surface area contributed by atoms with Gasteiger partial charge in [0.15, 0.2) is 0 Å². The molecule has 0 unspecified atom stereocenters. The zero-order valence-corrected chi connectivity index (χ0v) is 15.2. The van der Waals surface area contributed by atoms with Crippen molar-refractivity contribution < 1.29 is 9.53 Å². The summed E-state index contributed by atoms with van der Waals surface area (Å²) in [6.07, 6.45) is 1.86. The Hall–Kier alpha value is -1.55. The van der Waals surface area contributed by atoms with E-state index < -0.39 is 5.60 Å². The van der Waals surface area contributed by atoms with Crippen LogP contribution in [0.15, 0.2) is 24.3 Å². The van der Waals surface area contributed by atoms with Gasteiger partial charge in [0, 0.05) is 22.7 Å². The molecular formula is C19H25NO2S. The highest BCUT2D eigenvalue weighted by Crippen LogP contribution is 2.36. The molecule has 3 rings (SSSR count). The number of aryl methyl sites for hydroxylation is 1. The molecule has 0 bridgehead atoms. The third-order valence-corrected chi connectivity index (χ3v) is 5.50. The van der Waals surface area contributed by atoms with Crippen LogP contribution in [0.25, 0.3) is 10.1 Å². The molecule has 0 aliphatic carbocycles. The van der Waals surface area contributed by atoms with E-state index in [0.29, 0.717) is 5.92 Å². The first-order valence-electron chi connectivity index (χ1n) is 8.30. The van der Waals surface area contributed by atoms with Crippen LogP contribution in [0, 0.1) is 6.92 Å². The zero-order chi connectivity index (χ0) is 16.6. The van der Waals surface area contributed by atoms with Crippen molar-refractivity contribution in [2.24, 2.45) is 0 Å². The molecule has 124 valence electrons. The van der Waals surface area contributed by atoms with Crippen molar-refractivity contribution in [1.82, 2.24) is 4.90 Å². The molecule has 0 radical (unpaired) electrons. The number of carbonyl (C=O) groups excluding carboxylic acids is 1. The second-order valence-electron chi connectivity index (χ2n) is 7.43. The van der Waals surface area contributed by atoms with Crippen LogP contribution in [0.5, 0.6) is 0 Å². The largest absolute Gasteiger partial charge is 0.444 e. The monoisotopic (exact) mass is 331 g/mol. The second-order valence-corrected chi connectivity index (χ2v) is 8.55. The number of ether oxygens (including phenoxy) is 1. The van der Waals surface area contributed by atoms with E-state index in [0.717, 1.165) is 25.9 Å². The van der Waals surface area contributed by atoms with Crippen LogP contribution in [-0.4, -0.2) is 29.7 Å². The predicted octanol–water partition coefficient (Wildman–Crippen LogP) is 5.32. The molecule has 1 saturated heterocycles. The summed E-state index contributed by atoms with van der Waals surface area (Å²) in [5.74, 6) is 0.561. The van der Waals surface area contributed by atoms with Gasteiger partial charge in [0.25, 0.3) is 0 Å². The number of amides is 1. The number of benzene rings is 1. The third kappa shape index (κ3) is 3.86. The van der Waals surface area contributed by atoms with Gasteiger partial charge in [-0.1, -0.05) is 12.1 Å². The van der Waals surface area contributed by atoms with E-state index in [4.69, 9.17) is 4.74 Å². The fourth-order valence-corrected chi connectivity index (χ4v) is 4.36. The molecule has 0 spiro atoms. The number of likely N-dealkylation sites (tertiary alicyclic amines) is 1. The van der Waals surface area contributed by atoms with Crippen LogP contribution in [0.4, 0.5) is 4.79 Å². The maximum absolute atomic E-state index is 12.1. The lowest BCUT2D eigenvalue weighted by Gasteiger charge is -2.33. The van der Waals surface area contributed by atoms with Crippen molar-refractivity contribution in [3.05, 3.63) is 34.7 Å².